The summed E-state index contributed by atoms with van der Waals surface area (Å²) in [6.07, 6.45) is 0. The summed E-state index contributed by atoms with van der Waals surface area (Å²) in [4.78, 5) is 28.9. The van der Waals surface area contributed by atoms with E-state index in [2.05, 4.69) is 0 Å². The van der Waals surface area contributed by atoms with Crippen molar-refractivity contribution in [3.63, 3.8) is 0 Å². The normalized spacial score (nSPS) is 11.5. The van der Waals surface area contributed by atoms with Crippen LogP contribution in [-0.2, 0) is 29.6 Å². The van der Waals surface area contributed by atoms with Crippen molar-refractivity contribution in [3.05, 3.63) is 121 Å². The van der Waals surface area contributed by atoms with E-state index in [0.29, 0.717) is 0 Å². The SMILES string of the molecule is CN(CCN(C)C(=O)CN(c1ccc(F)cc1)S(=O)(=O)c1ccccc1)C(=O)CN(c1ccc(F)cc1)S(=O)(=O)c1ccccc1. The lowest BCUT2D eigenvalue weighted by Crippen LogP contribution is -2.46. The second kappa shape index (κ2) is 14.5. The maximum absolute atomic E-state index is 13.6. The number of rotatable bonds is 13. The van der Waals surface area contributed by atoms with Crippen molar-refractivity contribution in [2.45, 2.75) is 9.79 Å². The quantitative estimate of drug-likeness (QED) is 0.213. The average Bonchev–Trinajstić information content (AvgIpc) is 3.06. The zero-order valence-electron chi connectivity index (χ0n) is 25.0. The van der Waals surface area contributed by atoms with Crippen LogP contribution in [0.25, 0.3) is 0 Å². The van der Waals surface area contributed by atoms with Crippen LogP contribution in [0.5, 0.6) is 0 Å². The lowest BCUT2D eigenvalue weighted by Gasteiger charge is -2.29. The third kappa shape index (κ3) is 8.06. The molecule has 0 unspecified atom stereocenters. The monoisotopic (exact) mass is 670 g/mol. The van der Waals surface area contributed by atoms with Crippen molar-refractivity contribution in [3.8, 4) is 0 Å². The molecule has 4 rings (SSSR count). The predicted molar refractivity (Wildman–Crippen MR) is 170 cm³/mol. The summed E-state index contributed by atoms with van der Waals surface area (Å²) in [7, 11) is -5.55. The van der Waals surface area contributed by atoms with E-state index in [-0.39, 0.29) is 34.3 Å². The van der Waals surface area contributed by atoms with Crippen molar-refractivity contribution >= 4 is 43.2 Å². The molecule has 242 valence electrons. The zero-order chi connectivity index (χ0) is 33.5. The molecule has 0 N–H and O–H groups in total. The molecule has 0 bridgehead atoms. The van der Waals surface area contributed by atoms with Crippen molar-refractivity contribution < 1.29 is 35.2 Å². The number of sulfonamides is 2. The van der Waals surface area contributed by atoms with Crippen molar-refractivity contribution in [1.82, 2.24) is 9.80 Å². The Morgan fingerprint density at radius 2 is 0.826 bits per heavy atom. The first-order chi connectivity index (χ1) is 21.8. The highest BCUT2D eigenvalue weighted by atomic mass is 32.2. The van der Waals surface area contributed by atoms with E-state index in [0.717, 1.165) is 32.9 Å². The minimum Gasteiger partial charge on any atom is -0.342 e. The van der Waals surface area contributed by atoms with Crippen LogP contribution in [0.2, 0.25) is 0 Å². The van der Waals surface area contributed by atoms with Gasteiger partial charge in [-0.15, -0.1) is 0 Å². The number of carbonyl (C=O) groups excluding carboxylic acids is 2. The van der Waals surface area contributed by atoms with Gasteiger partial charge in [-0.2, -0.15) is 0 Å². The highest BCUT2D eigenvalue weighted by Crippen LogP contribution is 2.25. The molecule has 10 nitrogen and oxygen atoms in total. The number of likely N-dealkylation sites (N-methyl/N-ethyl adjacent to an activating group) is 2. The molecule has 4 aromatic rings. The first kappa shape index (κ1) is 34.1. The Morgan fingerprint density at radius 3 is 1.13 bits per heavy atom. The van der Waals surface area contributed by atoms with Crippen LogP contribution >= 0.6 is 0 Å². The van der Waals surface area contributed by atoms with Crippen LogP contribution in [0.1, 0.15) is 0 Å². The Hall–Kier alpha value is -4.82. The molecule has 46 heavy (non-hydrogen) atoms. The van der Waals surface area contributed by atoms with Gasteiger partial charge in [-0.1, -0.05) is 36.4 Å². The molecule has 0 heterocycles. The van der Waals surface area contributed by atoms with E-state index < -0.39 is 56.6 Å². The number of anilines is 2. The fraction of sp³-hybridized carbons (Fsp3) is 0.188. The first-order valence-corrected chi connectivity index (χ1v) is 16.8. The van der Waals surface area contributed by atoms with Gasteiger partial charge in [0, 0.05) is 27.2 Å². The van der Waals surface area contributed by atoms with Gasteiger partial charge in [0.25, 0.3) is 20.0 Å². The molecule has 4 aromatic carbocycles. The summed E-state index contributed by atoms with van der Waals surface area (Å²) in [5, 5.41) is 0. The summed E-state index contributed by atoms with van der Waals surface area (Å²) >= 11 is 0. The predicted octanol–water partition coefficient (Wildman–Crippen LogP) is 3.97. The van der Waals surface area contributed by atoms with Crippen molar-refractivity contribution in [1.29, 1.82) is 0 Å². The first-order valence-electron chi connectivity index (χ1n) is 14.0. The summed E-state index contributed by atoms with van der Waals surface area (Å²) in [5.74, 6) is -2.37. The molecule has 0 radical (unpaired) electrons. The van der Waals surface area contributed by atoms with Gasteiger partial charge in [-0.05, 0) is 72.8 Å². The fourth-order valence-electron chi connectivity index (χ4n) is 4.32. The summed E-state index contributed by atoms with van der Waals surface area (Å²) < 4.78 is 82.9. The molecule has 0 aliphatic heterocycles. The van der Waals surface area contributed by atoms with E-state index >= 15 is 0 Å². The molecule has 0 atom stereocenters. The molecule has 14 heteroatoms. The van der Waals surface area contributed by atoms with Crippen LogP contribution in [0, 0.1) is 11.6 Å². The summed E-state index contributed by atoms with van der Waals surface area (Å²) in [6.45, 7) is -1.26. The van der Waals surface area contributed by atoms with E-state index in [1.54, 1.807) is 36.4 Å². The number of carbonyl (C=O) groups is 2. The summed E-state index contributed by atoms with van der Waals surface area (Å²) in [5.41, 5.74) is 0.166. The smallest absolute Gasteiger partial charge is 0.264 e. The van der Waals surface area contributed by atoms with Gasteiger partial charge in [0.05, 0.1) is 21.2 Å². The van der Waals surface area contributed by atoms with E-state index in [1.165, 1.54) is 72.4 Å². The van der Waals surface area contributed by atoms with Gasteiger partial charge in [0.1, 0.15) is 24.7 Å². The Kier molecular flexibility index (Phi) is 10.7. The van der Waals surface area contributed by atoms with Crippen LogP contribution in [0.15, 0.2) is 119 Å². The van der Waals surface area contributed by atoms with Gasteiger partial charge < -0.3 is 9.80 Å². The van der Waals surface area contributed by atoms with Gasteiger partial charge in [-0.3, -0.25) is 18.2 Å². The van der Waals surface area contributed by atoms with Gasteiger partial charge in [0.15, 0.2) is 0 Å². The van der Waals surface area contributed by atoms with E-state index in [9.17, 15) is 35.2 Å². The number of halogens is 2. The number of hydrogen-bond donors (Lipinski definition) is 0. The topological polar surface area (TPSA) is 115 Å². The minimum absolute atomic E-state index is 0.0221. The fourth-order valence-corrected chi connectivity index (χ4v) is 7.19. The maximum atomic E-state index is 13.6. The molecule has 0 aromatic heterocycles. The third-order valence-electron chi connectivity index (χ3n) is 7.07. The molecule has 2 amide bonds. The minimum atomic E-state index is -4.21. The van der Waals surface area contributed by atoms with Gasteiger partial charge in [0.2, 0.25) is 11.8 Å². The molecule has 0 saturated carbocycles. The standard InChI is InChI=1S/C32H32F2N4O6S2/c1-35(31(39)23-37(27-17-13-25(33)14-18-27)45(41,42)29-9-5-3-6-10-29)21-22-36(2)32(40)24-38(28-19-15-26(34)16-20-28)46(43,44)30-11-7-4-8-12-30/h3-20H,21-24H2,1-2H3. The molecular weight excluding hydrogens is 639 g/mol. The highest BCUT2D eigenvalue weighted by molar-refractivity contribution is 7.93. The van der Waals surface area contributed by atoms with Crippen LogP contribution < -0.4 is 8.61 Å². The third-order valence-corrected chi connectivity index (χ3v) is 10.6. The van der Waals surface area contributed by atoms with Crippen LogP contribution in [-0.4, -0.2) is 78.7 Å². The molecular formula is C32H32F2N4O6S2. The van der Waals surface area contributed by atoms with Crippen molar-refractivity contribution in [2.75, 3.05) is 48.9 Å². The molecule has 0 aliphatic carbocycles. The van der Waals surface area contributed by atoms with E-state index in [1.807, 2.05) is 0 Å². The Balaban J connectivity index is 1.47. The maximum Gasteiger partial charge on any atom is 0.264 e. The Labute approximate surface area is 267 Å². The highest BCUT2D eigenvalue weighted by Gasteiger charge is 2.30. The second-order valence-corrected chi connectivity index (χ2v) is 14.0. The van der Waals surface area contributed by atoms with Crippen LogP contribution in [0.3, 0.4) is 0 Å². The largest absolute Gasteiger partial charge is 0.342 e. The number of hydrogen-bond acceptors (Lipinski definition) is 6. The second-order valence-electron chi connectivity index (χ2n) is 10.2. The number of benzene rings is 4. The molecule has 0 aliphatic rings. The molecule has 0 fully saturated rings. The Morgan fingerprint density at radius 1 is 0.522 bits per heavy atom. The average molecular weight is 671 g/mol. The number of amides is 2. The lowest BCUT2D eigenvalue weighted by molar-refractivity contribution is -0.131. The lowest BCUT2D eigenvalue weighted by atomic mass is 10.3. The Bertz CT molecular complexity index is 1720. The summed E-state index contributed by atoms with van der Waals surface area (Å²) in [6, 6.07) is 24.4. The number of nitrogens with zero attached hydrogens (tertiary/aromatic N) is 4. The molecule has 0 spiro atoms. The zero-order valence-corrected chi connectivity index (χ0v) is 26.7. The van der Waals surface area contributed by atoms with E-state index in [4.69, 9.17) is 0 Å². The molecule has 0 saturated heterocycles. The van der Waals surface area contributed by atoms with Crippen molar-refractivity contribution in [2.24, 2.45) is 0 Å². The van der Waals surface area contributed by atoms with Gasteiger partial charge >= 0.3 is 0 Å². The van der Waals surface area contributed by atoms with Crippen LogP contribution in [0.4, 0.5) is 20.2 Å². The van der Waals surface area contributed by atoms with Gasteiger partial charge in [-0.25, -0.2) is 25.6 Å².